The summed E-state index contributed by atoms with van der Waals surface area (Å²) in [5.41, 5.74) is 7.35. The van der Waals surface area contributed by atoms with E-state index in [-0.39, 0.29) is 45.2 Å². The molecule has 0 aromatic heterocycles. The minimum Gasteiger partial charge on any atom is -0.485 e. The maximum absolute atomic E-state index is 12.3. The van der Waals surface area contributed by atoms with E-state index in [4.69, 9.17) is 23.3 Å². The standard InChI is InChI=1S/C22H26N2O5.C16H21N2O4P/c1-23-17-7-3-15(4-8-17)13-27-20-19(11-12-25)29-22(26)21(20)28-14-16-5-9-18(24-2)10-6-16;1-17-15-7-3-13(4-8-15)11-21-23(19,20)22-12-14-5-9-16(18-2)10-6-14/h3-10,19,23-25H,11-14H2,1-2H3;3-10,17-18H,11-12H2,1-2H3,(H,19,20). The Hall–Kier alpha value is -5.04. The Kier molecular flexibility index (Phi) is 15.4. The number of phosphoric ester groups is 1. The summed E-state index contributed by atoms with van der Waals surface area (Å²) in [4.78, 5) is 22.0. The summed E-state index contributed by atoms with van der Waals surface area (Å²) in [5.74, 6) is -0.183. The van der Waals surface area contributed by atoms with E-state index in [1.165, 1.54) is 0 Å². The van der Waals surface area contributed by atoms with Crippen LogP contribution in [0.25, 0.3) is 0 Å². The van der Waals surface area contributed by atoms with E-state index in [0.29, 0.717) is 5.76 Å². The zero-order chi connectivity index (χ0) is 37.3. The fourth-order valence-electron chi connectivity index (χ4n) is 4.82. The lowest BCUT2D eigenvalue weighted by Crippen LogP contribution is -2.15. The molecule has 0 bridgehead atoms. The molecule has 1 heterocycles. The molecular weight excluding hydrogens is 687 g/mol. The van der Waals surface area contributed by atoms with E-state index in [1.807, 2.05) is 125 Å². The van der Waals surface area contributed by atoms with Gasteiger partial charge in [-0.2, -0.15) is 0 Å². The van der Waals surface area contributed by atoms with Crippen molar-refractivity contribution in [3.63, 3.8) is 0 Å². The number of aliphatic hydroxyl groups excluding tert-OH is 1. The van der Waals surface area contributed by atoms with Gasteiger partial charge in [-0.3, -0.25) is 9.05 Å². The number of carbonyl (C=O) groups is 1. The minimum atomic E-state index is -4.09. The van der Waals surface area contributed by atoms with Crippen LogP contribution in [-0.4, -0.2) is 56.9 Å². The number of carbonyl (C=O) groups excluding carboxylic acids is 1. The first kappa shape index (κ1) is 39.7. The number of phosphoric acid groups is 1. The number of hydrogen-bond acceptors (Lipinski definition) is 12. The lowest BCUT2D eigenvalue weighted by molar-refractivity contribution is -0.143. The molecule has 52 heavy (non-hydrogen) atoms. The summed E-state index contributed by atoms with van der Waals surface area (Å²) in [6, 6.07) is 30.2. The van der Waals surface area contributed by atoms with Gasteiger partial charge in [0.2, 0.25) is 5.76 Å². The molecule has 0 aliphatic carbocycles. The van der Waals surface area contributed by atoms with Crippen molar-refractivity contribution in [2.75, 3.05) is 56.1 Å². The van der Waals surface area contributed by atoms with E-state index in [9.17, 15) is 19.4 Å². The predicted octanol–water partition coefficient (Wildman–Crippen LogP) is 6.63. The second-order valence-corrected chi connectivity index (χ2v) is 12.9. The monoisotopic (exact) mass is 734 g/mol. The summed E-state index contributed by atoms with van der Waals surface area (Å²) in [5, 5.41) is 21.4. The van der Waals surface area contributed by atoms with Crippen LogP contribution in [0, 0.1) is 0 Å². The number of ether oxygens (including phenoxy) is 3. The molecule has 4 aromatic rings. The average Bonchev–Trinajstić information content (AvgIpc) is 3.48. The van der Waals surface area contributed by atoms with Crippen molar-refractivity contribution in [2.24, 2.45) is 0 Å². The highest BCUT2D eigenvalue weighted by Gasteiger charge is 2.37. The van der Waals surface area contributed by atoms with Crippen molar-refractivity contribution >= 4 is 36.5 Å². The summed E-state index contributed by atoms with van der Waals surface area (Å²) in [7, 11) is 3.26. The van der Waals surface area contributed by atoms with Gasteiger partial charge in [-0.05, 0) is 70.8 Å². The van der Waals surface area contributed by atoms with Crippen LogP contribution in [0.2, 0.25) is 0 Å². The number of rotatable bonds is 18. The SMILES string of the molecule is CNc1ccc(COC2=C(OCc3ccc(NC)cc3)C(CCO)OC2=O)cc1.CNc1ccc(COP(=O)(O)OCc2ccc(NC)cc2)cc1. The normalized spacial score (nSPS) is 13.8. The molecule has 0 fully saturated rings. The summed E-state index contributed by atoms with van der Waals surface area (Å²) in [6.07, 6.45) is -0.394. The summed E-state index contributed by atoms with van der Waals surface area (Å²) < 4.78 is 38.9. The number of hydrogen-bond donors (Lipinski definition) is 6. The Bertz CT molecular complexity index is 1710. The van der Waals surface area contributed by atoms with Gasteiger partial charge in [-0.15, -0.1) is 0 Å². The molecule has 0 saturated carbocycles. The second kappa shape index (κ2) is 20.1. The Labute approximate surface area is 304 Å². The topological polar surface area (TPSA) is 169 Å². The molecule has 1 aliphatic rings. The predicted molar refractivity (Wildman–Crippen MR) is 202 cm³/mol. The molecule has 5 rings (SSSR count). The van der Waals surface area contributed by atoms with Gasteiger partial charge in [-0.1, -0.05) is 48.5 Å². The lowest BCUT2D eigenvalue weighted by Gasteiger charge is -2.14. The first-order chi connectivity index (χ1) is 25.2. The number of aliphatic hydroxyl groups is 1. The zero-order valence-corrected chi connectivity index (χ0v) is 30.7. The van der Waals surface area contributed by atoms with Crippen molar-refractivity contribution < 1.29 is 42.6 Å². The number of nitrogens with one attached hydrogen (secondary N) is 4. The highest BCUT2D eigenvalue weighted by molar-refractivity contribution is 7.47. The van der Waals surface area contributed by atoms with Gasteiger partial charge in [-0.25, -0.2) is 9.36 Å². The smallest absolute Gasteiger partial charge is 0.472 e. The van der Waals surface area contributed by atoms with Crippen molar-refractivity contribution in [3.8, 4) is 0 Å². The molecule has 1 aliphatic heterocycles. The Morgan fingerprint density at radius 3 is 1.29 bits per heavy atom. The van der Waals surface area contributed by atoms with Crippen LogP contribution in [0.15, 0.2) is 109 Å². The van der Waals surface area contributed by atoms with E-state index >= 15 is 0 Å². The van der Waals surface area contributed by atoms with Gasteiger partial charge in [0.25, 0.3) is 0 Å². The van der Waals surface area contributed by atoms with Crippen molar-refractivity contribution in [2.45, 2.75) is 39.0 Å². The van der Waals surface area contributed by atoms with Crippen LogP contribution in [-0.2, 0) is 59.0 Å². The Balaban J connectivity index is 0.000000239. The summed E-state index contributed by atoms with van der Waals surface area (Å²) >= 11 is 0. The number of anilines is 4. The van der Waals surface area contributed by atoms with Crippen LogP contribution >= 0.6 is 7.82 Å². The lowest BCUT2D eigenvalue weighted by atomic mass is 10.2. The van der Waals surface area contributed by atoms with E-state index < -0.39 is 19.9 Å². The third-order valence-corrected chi connectivity index (χ3v) is 8.79. The van der Waals surface area contributed by atoms with E-state index in [2.05, 4.69) is 21.3 Å². The third-order valence-electron chi connectivity index (χ3n) is 7.88. The third kappa shape index (κ3) is 12.3. The van der Waals surface area contributed by atoms with Crippen LogP contribution in [0.3, 0.4) is 0 Å². The van der Waals surface area contributed by atoms with Gasteiger partial charge in [0, 0.05) is 64.0 Å². The van der Waals surface area contributed by atoms with E-state index in [0.717, 1.165) is 45.0 Å². The van der Waals surface area contributed by atoms with Crippen LogP contribution < -0.4 is 21.3 Å². The fourth-order valence-corrected chi connectivity index (χ4v) is 5.51. The molecule has 278 valence electrons. The molecule has 6 N–H and O–H groups in total. The second-order valence-electron chi connectivity index (χ2n) is 11.5. The maximum atomic E-state index is 12.3. The Morgan fingerprint density at radius 1 is 0.596 bits per heavy atom. The number of esters is 1. The van der Waals surface area contributed by atoms with Crippen molar-refractivity contribution in [3.05, 3.63) is 131 Å². The highest BCUT2D eigenvalue weighted by atomic mass is 31.2. The highest BCUT2D eigenvalue weighted by Crippen LogP contribution is 2.45. The fraction of sp³-hybridized carbons (Fsp3) is 0.289. The van der Waals surface area contributed by atoms with Crippen molar-refractivity contribution in [1.82, 2.24) is 0 Å². The van der Waals surface area contributed by atoms with Crippen LogP contribution in [0.1, 0.15) is 28.7 Å². The van der Waals surface area contributed by atoms with Crippen molar-refractivity contribution in [1.29, 1.82) is 0 Å². The summed E-state index contributed by atoms with van der Waals surface area (Å²) in [6.45, 7) is 0.374. The van der Waals surface area contributed by atoms with Crippen LogP contribution in [0.4, 0.5) is 22.7 Å². The molecular formula is C38H47N4O9P. The van der Waals surface area contributed by atoms with Gasteiger partial charge in [0.15, 0.2) is 11.9 Å². The molecule has 0 amide bonds. The molecule has 0 radical (unpaired) electrons. The maximum Gasteiger partial charge on any atom is 0.472 e. The largest absolute Gasteiger partial charge is 0.485 e. The van der Waals surface area contributed by atoms with Gasteiger partial charge in [0.05, 0.1) is 13.2 Å². The number of cyclic esters (lactones) is 1. The first-order valence-electron chi connectivity index (χ1n) is 16.7. The molecule has 0 spiro atoms. The van der Waals surface area contributed by atoms with Gasteiger partial charge < -0.3 is 45.5 Å². The number of benzene rings is 4. The minimum absolute atomic E-state index is 0.0104. The van der Waals surface area contributed by atoms with Gasteiger partial charge >= 0.3 is 13.8 Å². The zero-order valence-electron chi connectivity index (χ0n) is 29.8. The average molecular weight is 735 g/mol. The van der Waals surface area contributed by atoms with Gasteiger partial charge in [0.1, 0.15) is 13.2 Å². The molecule has 1 unspecified atom stereocenters. The molecule has 1 atom stereocenters. The molecule has 13 nitrogen and oxygen atoms in total. The quantitative estimate of drug-likeness (QED) is 0.0477. The molecule has 4 aromatic carbocycles. The first-order valence-corrected chi connectivity index (χ1v) is 18.2. The molecule has 14 heteroatoms. The Morgan fingerprint density at radius 2 is 0.942 bits per heavy atom. The van der Waals surface area contributed by atoms with E-state index in [1.54, 1.807) is 0 Å². The van der Waals surface area contributed by atoms with Crippen LogP contribution in [0.5, 0.6) is 0 Å². The molecule has 0 saturated heterocycles.